The van der Waals surface area contributed by atoms with Gasteiger partial charge in [-0.3, -0.25) is 4.79 Å². The first-order chi connectivity index (χ1) is 15.5. The van der Waals surface area contributed by atoms with Gasteiger partial charge in [0, 0.05) is 17.8 Å². The summed E-state index contributed by atoms with van der Waals surface area (Å²) in [6.45, 7) is 6.83. The van der Waals surface area contributed by atoms with Crippen molar-refractivity contribution >= 4 is 23.4 Å². The van der Waals surface area contributed by atoms with Gasteiger partial charge in [-0.1, -0.05) is 29.5 Å². The van der Waals surface area contributed by atoms with Gasteiger partial charge in [0.05, 0.1) is 11.9 Å². The lowest BCUT2D eigenvalue weighted by atomic mass is 10.1. The fourth-order valence-electron chi connectivity index (χ4n) is 4.05. The predicted octanol–water partition coefficient (Wildman–Crippen LogP) is 5.63. The highest BCUT2D eigenvalue weighted by Gasteiger charge is 2.18. The van der Waals surface area contributed by atoms with Crippen molar-refractivity contribution in [1.29, 1.82) is 0 Å². The SMILES string of the molecule is CCn1c(SCC(=O)Nc2ccc(C)cc2C)nnc1-c1ccc(OC2CCCC2)cc1. The summed E-state index contributed by atoms with van der Waals surface area (Å²) in [6.07, 6.45) is 5.14. The van der Waals surface area contributed by atoms with Gasteiger partial charge in [-0.25, -0.2) is 0 Å². The number of thioether (sulfide) groups is 1. The summed E-state index contributed by atoms with van der Waals surface area (Å²) < 4.78 is 8.11. The van der Waals surface area contributed by atoms with Gasteiger partial charge < -0.3 is 14.6 Å². The molecule has 168 valence electrons. The predicted molar refractivity (Wildman–Crippen MR) is 129 cm³/mol. The first-order valence-electron chi connectivity index (χ1n) is 11.2. The topological polar surface area (TPSA) is 69.0 Å². The zero-order valence-electron chi connectivity index (χ0n) is 18.9. The molecule has 1 aromatic heterocycles. The second kappa shape index (κ2) is 10.2. The normalized spacial score (nSPS) is 14.0. The lowest BCUT2D eigenvalue weighted by Crippen LogP contribution is -2.15. The van der Waals surface area contributed by atoms with E-state index in [9.17, 15) is 4.79 Å². The zero-order valence-corrected chi connectivity index (χ0v) is 19.7. The van der Waals surface area contributed by atoms with Crippen LogP contribution in [-0.2, 0) is 11.3 Å². The highest BCUT2D eigenvalue weighted by molar-refractivity contribution is 7.99. The first-order valence-corrected chi connectivity index (χ1v) is 12.2. The van der Waals surface area contributed by atoms with E-state index in [0.717, 1.165) is 52.9 Å². The number of nitrogens with zero attached hydrogens (tertiary/aromatic N) is 3. The maximum absolute atomic E-state index is 12.5. The van der Waals surface area contributed by atoms with Crippen LogP contribution in [-0.4, -0.2) is 32.5 Å². The Morgan fingerprint density at radius 3 is 2.56 bits per heavy atom. The number of hydrogen-bond acceptors (Lipinski definition) is 5. The number of aryl methyl sites for hydroxylation is 2. The van der Waals surface area contributed by atoms with E-state index in [1.54, 1.807) is 0 Å². The molecule has 0 bridgehead atoms. The molecule has 0 radical (unpaired) electrons. The van der Waals surface area contributed by atoms with Crippen molar-refractivity contribution < 1.29 is 9.53 Å². The molecule has 1 amide bonds. The number of rotatable bonds is 8. The van der Waals surface area contributed by atoms with E-state index in [4.69, 9.17) is 4.74 Å². The van der Waals surface area contributed by atoms with E-state index in [1.165, 1.54) is 30.2 Å². The lowest BCUT2D eigenvalue weighted by molar-refractivity contribution is -0.113. The molecule has 1 N–H and O–H groups in total. The molecular formula is C25H30N4O2S. The van der Waals surface area contributed by atoms with E-state index in [2.05, 4.69) is 28.5 Å². The lowest BCUT2D eigenvalue weighted by Gasteiger charge is -2.13. The average Bonchev–Trinajstić information content (AvgIpc) is 3.44. The number of amides is 1. The van der Waals surface area contributed by atoms with E-state index in [-0.39, 0.29) is 11.7 Å². The van der Waals surface area contributed by atoms with Crippen molar-refractivity contribution in [3.63, 3.8) is 0 Å². The third kappa shape index (κ3) is 5.33. The number of carbonyl (C=O) groups is 1. The minimum Gasteiger partial charge on any atom is -0.490 e. The van der Waals surface area contributed by atoms with Crippen molar-refractivity contribution in [2.24, 2.45) is 0 Å². The molecule has 1 aliphatic carbocycles. The Hall–Kier alpha value is -2.80. The van der Waals surface area contributed by atoms with Crippen LogP contribution in [0.3, 0.4) is 0 Å². The van der Waals surface area contributed by atoms with Crippen LogP contribution < -0.4 is 10.1 Å². The van der Waals surface area contributed by atoms with Crippen molar-refractivity contribution in [2.75, 3.05) is 11.1 Å². The molecular weight excluding hydrogens is 420 g/mol. The van der Waals surface area contributed by atoms with Gasteiger partial charge in [-0.15, -0.1) is 10.2 Å². The molecule has 32 heavy (non-hydrogen) atoms. The second-order valence-corrected chi connectivity index (χ2v) is 9.20. The third-order valence-electron chi connectivity index (χ3n) is 5.74. The largest absolute Gasteiger partial charge is 0.490 e. The van der Waals surface area contributed by atoms with E-state index >= 15 is 0 Å². The molecule has 1 heterocycles. The standard InChI is InChI=1S/C25H30N4O2S/c1-4-29-24(19-10-12-21(13-11-19)31-20-7-5-6-8-20)27-28-25(29)32-16-23(30)26-22-14-9-17(2)15-18(22)3/h9-15,20H,4-8,16H2,1-3H3,(H,26,30). The summed E-state index contributed by atoms with van der Waals surface area (Å²) >= 11 is 1.40. The summed E-state index contributed by atoms with van der Waals surface area (Å²) in [7, 11) is 0. The molecule has 0 saturated heterocycles. The zero-order chi connectivity index (χ0) is 22.5. The van der Waals surface area contributed by atoms with Gasteiger partial charge in [0.25, 0.3) is 0 Å². The Balaban J connectivity index is 1.39. The number of hydrogen-bond donors (Lipinski definition) is 1. The van der Waals surface area contributed by atoms with Gasteiger partial charge in [-0.2, -0.15) is 0 Å². The number of anilines is 1. The fourth-order valence-corrected chi connectivity index (χ4v) is 4.85. The minimum atomic E-state index is -0.0532. The molecule has 0 atom stereocenters. The maximum atomic E-state index is 12.5. The fraction of sp³-hybridized carbons (Fsp3) is 0.400. The molecule has 1 aliphatic rings. The number of nitrogens with one attached hydrogen (secondary N) is 1. The Kier molecular flexibility index (Phi) is 7.15. The van der Waals surface area contributed by atoms with Gasteiger partial charge in [0.15, 0.2) is 11.0 Å². The first kappa shape index (κ1) is 22.4. The molecule has 1 fully saturated rings. The second-order valence-electron chi connectivity index (χ2n) is 8.25. The minimum absolute atomic E-state index is 0.0532. The molecule has 0 unspecified atom stereocenters. The van der Waals surface area contributed by atoms with Gasteiger partial charge >= 0.3 is 0 Å². The van der Waals surface area contributed by atoms with Crippen molar-refractivity contribution in [3.05, 3.63) is 53.6 Å². The highest BCUT2D eigenvalue weighted by Crippen LogP contribution is 2.28. The molecule has 1 saturated carbocycles. The summed E-state index contributed by atoms with van der Waals surface area (Å²) in [6, 6.07) is 14.1. The third-order valence-corrected chi connectivity index (χ3v) is 6.71. The van der Waals surface area contributed by atoms with E-state index < -0.39 is 0 Å². The van der Waals surface area contributed by atoms with Crippen molar-refractivity contribution in [3.8, 4) is 17.1 Å². The number of aromatic nitrogens is 3. The van der Waals surface area contributed by atoms with Crippen molar-refractivity contribution in [2.45, 2.75) is 64.3 Å². The summed E-state index contributed by atoms with van der Waals surface area (Å²) in [5.41, 5.74) is 4.07. The van der Waals surface area contributed by atoms with Crippen LogP contribution in [0, 0.1) is 13.8 Å². The molecule has 4 rings (SSSR count). The van der Waals surface area contributed by atoms with Gasteiger partial charge in [-0.05, 0) is 82.3 Å². The summed E-state index contributed by atoms with van der Waals surface area (Å²) in [5, 5.41) is 12.5. The number of carbonyl (C=O) groups excluding carboxylic acids is 1. The monoisotopic (exact) mass is 450 g/mol. The Bertz CT molecular complexity index is 1070. The molecule has 6 nitrogen and oxygen atoms in total. The average molecular weight is 451 g/mol. The molecule has 3 aromatic rings. The van der Waals surface area contributed by atoms with Crippen molar-refractivity contribution in [1.82, 2.24) is 14.8 Å². The van der Waals surface area contributed by atoms with Crippen LogP contribution in [0.2, 0.25) is 0 Å². The Morgan fingerprint density at radius 2 is 1.88 bits per heavy atom. The van der Waals surface area contributed by atoms with E-state index in [0.29, 0.717) is 6.10 Å². The van der Waals surface area contributed by atoms with Crippen LogP contribution in [0.15, 0.2) is 47.6 Å². The van der Waals surface area contributed by atoms with Gasteiger partial charge in [0.2, 0.25) is 5.91 Å². The Morgan fingerprint density at radius 1 is 1.12 bits per heavy atom. The van der Waals surface area contributed by atoms with Crippen LogP contribution in [0.5, 0.6) is 5.75 Å². The maximum Gasteiger partial charge on any atom is 0.234 e. The summed E-state index contributed by atoms with van der Waals surface area (Å²) in [5.74, 6) is 1.93. The highest BCUT2D eigenvalue weighted by atomic mass is 32.2. The number of ether oxygens (including phenoxy) is 1. The number of benzene rings is 2. The molecule has 2 aromatic carbocycles. The molecule has 0 aliphatic heterocycles. The molecule has 7 heteroatoms. The Labute approximate surface area is 193 Å². The quantitative estimate of drug-likeness (QED) is 0.450. The van der Waals surface area contributed by atoms with Crippen LogP contribution in [0.25, 0.3) is 11.4 Å². The van der Waals surface area contributed by atoms with E-state index in [1.807, 2.05) is 54.8 Å². The smallest absolute Gasteiger partial charge is 0.234 e. The van der Waals surface area contributed by atoms with Crippen LogP contribution >= 0.6 is 11.8 Å². The van der Waals surface area contributed by atoms with Crippen LogP contribution in [0.1, 0.15) is 43.7 Å². The van der Waals surface area contributed by atoms with Crippen LogP contribution in [0.4, 0.5) is 5.69 Å². The van der Waals surface area contributed by atoms with Gasteiger partial charge in [0.1, 0.15) is 5.75 Å². The summed E-state index contributed by atoms with van der Waals surface area (Å²) in [4.78, 5) is 12.5. The molecule has 0 spiro atoms.